The van der Waals surface area contributed by atoms with Crippen LogP contribution in [0.25, 0.3) is 17.1 Å². The summed E-state index contributed by atoms with van der Waals surface area (Å²) >= 11 is 1.37. The van der Waals surface area contributed by atoms with E-state index in [4.69, 9.17) is 4.74 Å². The van der Waals surface area contributed by atoms with Gasteiger partial charge in [-0.25, -0.2) is 0 Å². The number of aromatic nitrogens is 4. The minimum Gasteiger partial charge on any atom is -0.494 e. The number of rotatable bonds is 8. The molecule has 4 aromatic rings. The fourth-order valence-corrected chi connectivity index (χ4v) is 3.94. The van der Waals surface area contributed by atoms with Gasteiger partial charge in [0.1, 0.15) is 5.75 Å². The predicted octanol–water partition coefficient (Wildman–Crippen LogP) is 5.01. The highest BCUT2D eigenvalue weighted by Crippen LogP contribution is 2.28. The highest BCUT2D eigenvalue weighted by atomic mass is 32.2. The number of Topliss-reactive ketones (excluding diaryl/α,β-unsaturated/α-hetero) is 1. The molecule has 0 bridgehead atoms. The van der Waals surface area contributed by atoms with Crippen LogP contribution in [0.2, 0.25) is 0 Å². The monoisotopic (exact) mass is 430 g/mol. The van der Waals surface area contributed by atoms with Crippen LogP contribution >= 0.6 is 11.8 Å². The lowest BCUT2D eigenvalue weighted by molar-refractivity contribution is 0.102. The first-order valence-electron chi connectivity index (χ1n) is 9.97. The Morgan fingerprint density at radius 2 is 1.68 bits per heavy atom. The molecule has 31 heavy (non-hydrogen) atoms. The first-order valence-corrected chi connectivity index (χ1v) is 11.0. The fourth-order valence-electron chi connectivity index (χ4n) is 3.10. The minimum absolute atomic E-state index is 0.0250. The van der Waals surface area contributed by atoms with Crippen molar-refractivity contribution >= 4 is 17.5 Å². The zero-order chi connectivity index (χ0) is 21.6. The van der Waals surface area contributed by atoms with E-state index in [0.717, 1.165) is 17.0 Å². The Labute approximate surface area is 185 Å². The maximum Gasteiger partial charge on any atom is 0.196 e. The van der Waals surface area contributed by atoms with Crippen molar-refractivity contribution in [3.05, 3.63) is 84.2 Å². The number of hydrogen-bond acceptors (Lipinski definition) is 6. The molecule has 0 saturated heterocycles. The predicted molar refractivity (Wildman–Crippen MR) is 122 cm³/mol. The molecule has 6 nitrogen and oxygen atoms in total. The number of carbonyl (C=O) groups excluding carboxylic acids is 1. The van der Waals surface area contributed by atoms with Gasteiger partial charge in [0.05, 0.1) is 12.4 Å². The summed E-state index contributed by atoms with van der Waals surface area (Å²) in [4.78, 5) is 16.8. The second kappa shape index (κ2) is 9.57. The number of nitrogens with zero attached hydrogens (tertiary/aromatic N) is 4. The molecule has 0 unspecified atom stereocenters. The van der Waals surface area contributed by atoms with Crippen LogP contribution in [-0.2, 0) is 0 Å². The summed E-state index contributed by atoms with van der Waals surface area (Å²) in [7, 11) is 0. The Balaban J connectivity index is 1.60. The zero-order valence-electron chi connectivity index (χ0n) is 17.4. The van der Waals surface area contributed by atoms with E-state index in [-0.39, 0.29) is 11.5 Å². The molecule has 0 aliphatic heterocycles. The number of benzene rings is 2. The van der Waals surface area contributed by atoms with Gasteiger partial charge >= 0.3 is 0 Å². The molecule has 4 rings (SSSR count). The SMILES string of the molecule is CCOc1ccc(C(=O)CSc2nnc(-c3ccncc3)n2-c2ccc(C)cc2)cc1. The van der Waals surface area contributed by atoms with Crippen molar-refractivity contribution in [1.29, 1.82) is 0 Å². The Bertz CT molecular complexity index is 1160. The van der Waals surface area contributed by atoms with Gasteiger partial charge in [-0.3, -0.25) is 14.3 Å². The standard InChI is InChI=1S/C24H22N4O2S/c1-3-30-21-10-6-18(7-11-21)22(29)16-31-24-27-26-23(19-12-14-25-15-13-19)28(24)20-8-4-17(2)5-9-20/h4-15H,3,16H2,1-2H3. The van der Waals surface area contributed by atoms with Crippen LogP contribution < -0.4 is 4.74 Å². The van der Waals surface area contributed by atoms with Crippen LogP contribution in [0.5, 0.6) is 5.75 Å². The number of aryl methyl sites for hydroxylation is 1. The van der Waals surface area contributed by atoms with E-state index in [1.165, 1.54) is 17.3 Å². The second-order valence-electron chi connectivity index (χ2n) is 6.88. The molecule has 2 heterocycles. The number of thioether (sulfide) groups is 1. The van der Waals surface area contributed by atoms with Crippen LogP contribution in [0.4, 0.5) is 0 Å². The smallest absolute Gasteiger partial charge is 0.196 e. The highest BCUT2D eigenvalue weighted by molar-refractivity contribution is 7.99. The van der Waals surface area contributed by atoms with Gasteiger partial charge in [-0.05, 0) is 62.4 Å². The lowest BCUT2D eigenvalue weighted by Crippen LogP contribution is -2.05. The quantitative estimate of drug-likeness (QED) is 0.289. The van der Waals surface area contributed by atoms with Crippen molar-refractivity contribution < 1.29 is 9.53 Å². The third-order valence-electron chi connectivity index (χ3n) is 4.68. The van der Waals surface area contributed by atoms with E-state index in [9.17, 15) is 4.79 Å². The van der Waals surface area contributed by atoms with Gasteiger partial charge in [-0.15, -0.1) is 10.2 Å². The van der Waals surface area contributed by atoms with E-state index in [2.05, 4.69) is 15.2 Å². The third-order valence-corrected chi connectivity index (χ3v) is 5.61. The average molecular weight is 431 g/mol. The van der Waals surface area contributed by atoms with E-state index < -0.39 is 0 Å². The van der Waals surface area contributed by atoms with Gasteiger partial charge in [-0.1, -0.05) is 29.5 Å². The van der Waals surface area contributed by atoms with Crippen molar-refractivity contribution in [3.8, 4) is 22.8 Å². The van der Waals surface area contributed by atoms with Crippen molar-refractivity contribution in [3.63, 3.8) is 0 Å². The molecule has 0 atom stereocenters. The van der Waals surface area contributed by atoms with Crippen molar-refractivity contribution in [1.82, 2.24) is 19.7 Å². The third kappa shape index (κ3) is 4.83. The van der Waals surface area contributed by atoms with Crippen molar-refractivity contribution in [2.24, 2.45) is 0 Å². The van der Waals surface area contributed by atoms with Crippen molar-refractivity contribution in [2.45, 2.75) is 19.0 Å². The molecule has 0 saturated carbocycles. The Morgan fingerprint density at radius 3 is 2.35 bits per heavy atom. The number of carbonyl (C=O) groups is 1. The fraction of sp³-hybridized carbons (Fsp3) is 0.167. The highest BCUT2D eigenvalue weighted by Gasteiger charge is 2.18. The van der Waals surface area contributed by atoms with Gasteiger partial charge < -0.3 is 4.74 Å². The maximum atomic E-state index is 12.7. The Kier molecular flexibility index (Phi) is 6.43. The van der Waals surface area contributed by atoms with E-state index in [0.29, 0.717) is 23.2 Å². The topological polar surface area (TPSA) is 69.9 Å². The van der Waals surface area contributed by atoms with E-state index >= 15 is 0 Å². The molecule has 0 aliphatic rings. The van der Waals surface area contributed by atoms with Crippen molar-refractivity contribution in [2.75, 3.05) is 12.4 Å². The lowest BCUT2D eigenvalue weighted by atomic mass is 10.1. The Hall–Kier alpha value is -3.45. The molecule has 156 valence electrons. The Morgan fingerprint density at radius 1 is 0.968 bits per heavy atom. The molecule has 2 aromatic carbocycles. The molecule has 0 spiro atoms. The van der Waals surface area contributed by atoms with Gasteiger partial charge in [-0.2, -0.15) is 0 Å². The van der Waals surface area contributed by atoms with E-state index in [1.54, 1.807) is 24.5 Å². The summed E-state index contributed by atoms with van der Waals surface area (Å²) < 4.78 is 7.42. The van der Waals surface area contributed by atoms with Crippen LogP contribution in [-0.4, -0.2) is 37.9 Å². The van der Waals surface area contributed by atoms with Crippen LogP contribution in [0.15, 0.2) is 78.2 Å². The minimum atomic E-state index is 0.0250. The average Bonchev–Trinajstić information content (AvgIpc) is 3.23. The molecular formula is C24H22N4O2S. The number of pyridine rings is 1. The number of ketones is 1. The second-order valence-corrected chi connectivity index (χ2v) is 7.82. The molecular weight excluding hydrogens is 408 g/mol. The molecule has 0 N–H and O–H groups in total. The van der Waals surface area contributed by atoms with Crippen LogP contribution in [0.3, 0.4) is 0 Å². The molecule has 0 fully saturated rings. The van der Waals surface area contributed by atoms with Gasteiger partial charge in [0.25, 0.3) is 0 Å². The first-order chi connectivity index (χ1) is 15.2. The summed E-state index contributed by atoms with van der Waals surface area (Å²) in [6, 6.07) is 19.2. The summed E-state index contributed by atoms with van der Waals surface area (Å²) in [6.45, 7) is 4.57. The first kappa shape index (κ1) is 20.8. The largest absolute Gasteiger partial charge is 0.494 e. The molecule has 0 radical (unpaired) electrons. The molecule has 0 aliphatic carbocycles. The van der Waals surface area contributed by atoms with Crippen LogP contribution in [0, 0.1) is 6.92 Å². The van der Waals surface area contributed by atoms with Gasteiger partial charge in [0.2, 0.25) is 0 Å². The van der Waals surface area contributed by atoms with Gasteiger partial charge in [0.15, 0.2) is 16.8 Å². The normalized spacial score (nSPS) is 10.8. The van der Waals surface area contributed by atoms with Crippen LogP contribution in [0.1, 0.15) is 22.8 Å². The molecule has 7 heteroatoms. The lowest BCUT2D eigenvalue weighted by Gasteiger charge is -2.10. The summed E-state index contributed by atoms with van der Waals surface area (Å²) in [6.07, 6.45) is 3.46. The number of ether oxygens (including phenoxy) is 1. The molecule has 0 amide bonds. The summed E-state index contributed by atoms with van der Waals surface area (Å²) in [5, 5.41) is 9.45. The molecule has 2 aromatic heterocycles. The summed E-state index contributed by atoms with van der Waals surface area (Å²) in [5.74, 6) is 1.75. The van der Waals surface area contributed by atoms with E-state index in [1.807, 2.05) is 66.9 Å². The zero-order valence-corrected chi connectivity index (χ0v) is 18.2. The van der Waals surface area contributed by atoms with Gasteiger partial charge in [0, 0.05) is 29.2 Å². The summed E-state index contributed by atoms with van der Waals surface area (Å²) in [5.41, 5.74) is 3.67. The maximum absolute atomic E-state index is 12.7. The number of hydrogen-bond donors (Lipinski definition) is 0.